The van der Waals surface area contributed by atoms with E-state index in [1.807, 2.05) is 6.92 Å². The molecule has 0 radical (unpaired) electrons. The van der Waals surface area contributed by atoms with Crippen molar-refractivity contribution < 1.29 is 13.2 Å². The Kier molecular flexibility index (Phi) is 6.29. The molecule has 0 aliphatic heterocycles. The first kappa shape index (κ1) is 17.3. The zero-order valence-corrected chi connectivity index (χ0v) is 14.3. The van der Waals surface area contributed by atoms with Gasteiger partial charge in [0.25, 0.3) is 0 Å². The number of halogens is 1. The molecule has 0 bridgehead atoms. The lowest BCUT2D eigenvalue weighted by Crippen LogP contribution is -2.25. The molecule has 0 unspecified atom stereocenters. The van der Waals surface area contributed by atoms with E-state index in [4.69, 9.17) is 16.3 Å². The Morgan fingerprint density at radius 1 is 1.32 bits per heavy atom. The Labute approximate surface area is 137 Å². The van der Waals surface area contributed by atoms with Crippen LogP contribution in [0.5, 0.6) is 5.75 Å². The lowest BCUT2D eigenvalue weighted by atomic mass is 9.97. The van der Waals surface area contributed by atoms with Crippen LogP contribution in [0, 0.1) is 0 Å². The van der Waals surface area contributed by atoms with Gasteiger partial charge in [0.1, 0.15) is 10.6 Å². The van der Waals surface area contributed by atoms with Gasteiger partial charge in [0.2, 0.25) is 10.0 Å². The molecule has 0 heterocycles. The third-order valence-corrected chi connectivity index (χ3v) is 5.34. The number of hydrogen-bond donors (Lipinski definition) is 1. The summed E-state index contributed by atoms with van der Waals surface area (Å²) in [6, 6.07) is 4.64. The predicted molar refractivity (Wildman–Crippen MR) is 89.0 cm³/mol. The van der Waals surface area contributed by atoms with Crippen LogP contribution >= 0.6 is 11.6 Å². The number of hydrogen-bond acceptors (Lipinski definition) is 3. The van der Waals surface area contributed by atoms with Crippen molar-refractivity contribution in [1.29, 1.82) is 0 Å². The maximum absolute atomic E-state index is 12.5. The van der Waals surface area contributed by atoms with E-state index >= 15 is 0 Å². The molecule has 6 heteroatoms. The normalized spacial score (nSPS) is 15.5. The summed E-state index contributed by atoms with van der Waals surface area (Å²) in [5, 5.41) is 0.374. The van der Waals surface area contributed by atoms with Crippen molar-refractivity contribution in [1.82, 2.24) is 4.72 Å². The number of allylic oxidation sites excluding steroid dienone is 1. The zero-order valence-electron chi connectivity index (χ0n) is 12.8. The van der Waals surface area contributed by atoms with E-state index in [-0.39, 0.29) is 4.90 Å². The Bertz CT molecular complexity index is 641. The first-order valence-electron chi connectivity index (χ1n) is 7.63. The van der Waals surface area contributed by atoms with Crippen LogP contribution < -0.4 is 9.46 Å². The van der Waals surface area contributed by atoms with Crippen LogP contribution in [0.4, 0.5) is 0 Å². The highest BCUT2D eigenvalue weighted by molar-refractivity contribution is 7.89. The highest BCUT2D eigenvalue weighted by Crippen LogP contribution is 2.27. The molecule has 0 aromatic heterocycles. The van der Waals surface area contributed by atoms with Crippen molar-refractivity contribution in [2.75, 3.05) is 13.2 Å². The molecule has 1 aromatic carbocycles. The fourth-order valence-corrected chi connectivity index (χ4v) is 3.96. The molecule has 0 saturated carbocycles. The molecule has 22 heavy (non-hydrogen) atoms. The van der Waals surface area contributed by atoms with Crippen LogP contribution in [0.1, 0.15) is 39.0 Å². The first-order chi connectivity index (χ1) is 10.5. The van der Waals surface area contributed by atoms with E-state index in [0.29, 0.717) is 23.9 Å². The van der Waals surface area contributed by atoms with Gasteiger partial charge in [-0.15, -0.1) is 0 Å². The fraction of sp³-hybridized carbons (Fsp3) is 0.500. The smallest absolute Gasteiger partial charge is 0.244 e. The van der Waals surface area contributed by atoms with Crippen LogP contribution in [0.3, 0.4) is 0 Å². The number of nitrogens with one attached hydrogen (secondary N) is 1. The molecule has 0 amide bonds. The molecule has 1 N–H and O–H groups in total. The average molecular weight is 344 g/mol. The van der Waals surface area contributed by atoms with Gasteiger partial charge in [-0.3, -0.25) is 0 Å². The van der Waals surface area contributed by atoms with E-state index in [9.17, 15) is 8.42 Å². The molecule has 0 atom stereocenters. The monoisotopic (exact) mass is 343 g/mol. The molecular formula is C16H22ClNO3S. The standard InChI is InChI=1S/C16H22ClNO3S/c1-2-21-15-9-8-14(17)12-16(15)22(19,20)18-11-10-13-6-4-3-5-7-13/h6,8-9,12,18H,2-5,7,10-11H2,1H3. The molecule has 0 fully saturated rings. The summed E-state index contributed by atoms with van der Waals surface area (Å²) in [6.07, 6.45) is 7.58. The molecule has 122 valence electrons. The second kappa shape index (κ2) is 7.99. The maximum atomic E-state index is 12.5. The molecule has 0 spiro atoms. The molecular weight excluding hydrogens is 322 g/mol. The third kappa shape index (κ3) is 4.73. The Hall–Kier alpha value is -1.04. The lowest BCUT2D eigenvalue weighted by Gasteiger charge is -2.14. The zero-order chi connectivity index (χ0) is 16.0. The largest absolute Gasteiger partial charge is 0.492 e. The van der Waals surface area contributed by atoms with Crippen molar-refractivity contribution >= 4 is 21.6 Å². The van der Waals surface area contributed by atoms with Gasteiger partial charge in [0.05, 0.1) is 6.61 Å². The van der Waals surface area contributed by atoms with E-state index < -0.39 is 10.0 Å². The minimum atomic E-state index is -3.62. The Morgan fingerprint density at radius 3 is 2.82 bits per heavy atom. The second-order valence-electron chi connectivity index (χ2n) is 5.28. The van der Waals surface area contributed by atoms with Gasteiger partial charge in [0.15, 0.2) is 0 Å². The van der Waals surface area contributed by atoms with Gasteiger partial charge in [-0.2, -0.15) is 0 Å². The van der Waals surface area contributed by atoms with Gasteiger partial charge in [-0.25, -0.2) is 13.1 Å². The van der Waals surface area contributed by atoms with Crippen LogP contribution in [-0.4, -0.2) is 21.6 Å². The summed E-state index contributed by atoms with van der Waals surface area (Å²) in [4.78, 5) is 0.0967. The topological polar surface area (TPSA) is 55.4 Å². The Morgan fingerprint density at radius 2 is 2.14 bits per heavy atom. The van der Waals surface area contributed by atoms with Crippen LogP contribution in [-0.2, 0) is 10.0 Å². The molecule has 4 nitrogen and oxygen atoms in total. The van der Waals surface area contributed by atoms with E-state index in [1.54, 1.807) is 12.1 Å². The van der Waals surface area contributed by atoms with Gasteiger partial charge < -0.3 is 4.74 Å². The molecule has 2 rings (SSSR count). The molecule has 1 aromatic rings. The lowest BCUT2D eigenvalue weighted by molar-refractivity contribution is 0.331. The third-order valence-electron chi connectivity index (χ3n) is 3.62. The molecule has 1 aliphatic carbocycles. The summed E-state index contributed by atoms with van der Waals surface area (Å²) < 4.78 is 32.9. The maximum Gasteiger partial charge on any atom is 0.244 e. The summed E-state index contributed by atoms with van der Waals surface area (Å²) in [5.74, 6) is 0.330. The van der Waals surface area contributed by atoms with Crippen LogP contribution in [0.25, 0.3) is 0 Å². The van der Waals surface area contributed by atoms with E-state index in [1.165, 1.54) is 24.5 Å². The van der Waals surface area contributed by atoms with Gasteiger partial charge in [-0.05, 0) is 57.2 Å². The van der Waals surface area contributed by atoms with Crippen LogP contribution in [0.15, 0.2) is 34.7 Å². The number of ether oxygens (including phenoxy) is 1. The second-order valence-corrected chi connectivity index (χ2v) is 7.45. The van der Waals surface area contributed by atoms with Crippen molar-refractivity contribution in [3.63, 3.8) is 0 Å². The van der Waals surface area contributed by atoms with Gasteiger partial charge in [0, 0.05) is 11.6 Å². The minimum absolute atomic E-state index is 0.0967. The van der Waals surface area contributed by atoms with Crippen molar-refractivity contribution in [2.45, 2.75) is 43.9 Å². The molecule has 0 saturated heterocycles. The van der Waals surface area contributed by atoms with Crippen molar-refractivity contribution in [2.24, 2.45) is 0 Å². The van der Waals surface area contributed by atoms with Crippen molar-refractivity contribution in [3.05, 3.63) is 34.9 Å². The summed E-state index contributed by atoms with van der Waals surface area (Å²) in [6.45, 7) is 2.61. The quantitative estimate of drug-likeness (QED) is 0.764. The Balaban J connectivity index is 2.06. The average Bonchev–Trinajstić information content (AvgIpc) is 2.50. The van der Waals surface area contributed by atoms with Crippen molar-refractivity contribution in [3.8, 4) is 5.75 Å². The minimum Gasteiger partial charge on any atom is -0.492 e. The summed E-state index contributed by atoms with van der Waals surface area (Å²) >= 11 is 5.92. The first-order valence-corrected chi connectivity index (χ1v) is 9.49. The van der Waals surface area contributed by atoms with Gasteiger partial charge >= 0.3 is 0 Å². The van der Waals surface area contributed by atoms with E-state index in [2.05, 4.69) is 10.8 Å². The summed E-state index contributed by atoms with van der Waals surface area (Å²) in [7, 11) is -3.62. The van der Waals surface area contributed by atoms with E-state index in [0.717, 1.165) is 19.3 Å². The summed E-state index contributed by atoms with van der Waals surface area (Å²) in [5.41, 5.74) is 1.34. The van der Waals surface area contributed by atoms with Crippen LogP contribution in [0.2, 0.25) is 5.02 Å². The SMILES string of the molecule is CCOc1ccc(Cl)cc1S(=O)(=O)NCCC1=CCCCC1. The fourth-order valence-electron chi connectivity index (χ4n) is 2.52. The van der Waals surface area contributed by atoms with Gasteiger partial charge in [-0.1, -0.05) is 23.3 Å². The predicted octanol–water partition coefficient (Wildman–Crippen LogP) is 3.91. The highest BCUT2D eigenvalue weighted by Gasteiger charge is 2.20. The number of benzene rings is 1. The highest BCUT2D eigenvalue weighted by atomic mass is 35.5. The number of rotatable bonds is 7. The number of sulfonamides is 1. The molecule has 1 aliphatic rings.